The van der Waals surface area contributed by atoms with E-state index in [-0.39, 0.29) is 0 Å². The summed E-state index contributed by atoms with van der Waals surface area (Å²) in [4.78, 5) is 6.41. The molecule has 1 aromatic heterocycles. The van der Waals surface area contributed by atoms with Gasteiger partial charge in [-0.2, -0.15) is 0 Å². The second-order valence-electron chi connectivity index (χ2n) is 4.97. The van der Waals surface area contributed by atoms with E-state index in [1.165, 1.54) is 17.8 Å². The van der Waals surface area contributed by atoms with Gasteiger partial charge in [0.25, 0.3) is 0 Å². The quantitative estimate of drug-likeness (QED) is 0.891. The van der Waals surface area contributed by atoms with Crippen molar-refractivity contribution >= 4 is 11.3 Å². The van der Waals surface area contributed by atoms with E-state index in [9.17, 15) is 0 Å². The first-order chi connectivity index (χ1) is 8.22. The molecule has 1 aliphatic heterocycles. The van der Waals surface area contributed by atoms with Crippen molar-refractivity contribution in [3.63, 3.8) is 0 Å². The topological polar surface area (TPSA) is 32.5 Å². The number of thiophene rings is 1. The van der Waals surface area contributed by atoms with E-state index >= 15 is 0 Å². The largest absolute Gasteiger partial charge is 0.329 e. The van der Waals surface area contributed by atoms with Crippen LogP contribution in [-0.4, -0.2) is 49.1 Å². The molecule has 2 unspecified atom stereocenters. The Hall–Kier alpha value is -0.420. The summed E-state index contributed by atoms with van der Waals surface area (Å²) in [6.45, 7) is 6.53. The van der Waals surface area contributed by atoms with Crippen molar-refractivity contribution in [1.82, 2.24) is 9.80 Å². The molecule has 2 rings (SSSR count). The molecule has 1 aliphatic rings. The molecule has 1 saturated heterocycles. The molecule has 96 valence electrons. The molecule has 1 aromatic rings. The van der Waals surface area contributed by atoms with Crippen molar-refractivity contribution in [2.45, 2.75) is 25.4 Å². The number of nitrogens with zero attached hydrogens (tertiary/aromatic N) is 2. The van der Waals surface area contributed by atoms with Gasteiger partial charge in [0.2, 0.25) is 0 Å². The third kappa shape index (κ3) is 3.07. The maximum Gasteiger partial charge on any atom is 0.0567 e. The van der Waals surface area contributed by atoms with Gasteiger partial charge in [-0.25, -0.2) is 0 Å². The Labute approximate surface area is 108 Å². The molecule has 3 nitrogen and oxygen atoms in total. The monoisotopic (exact) mass is 253 g/mol. The van der Waals surface area contributed by atoms with Crippen LogP contribution >= 0.6 is 11.3 Å². The van der Waals surface area contributed by atoms with Crippen molar-refractivity contribution in [3.05, 3.63) is 22.4 Å². The molecule has 0 spiro atoms. The van der Waals surface area contributed by atoms with Gasteiger partial charge in [0.05, 0.1) is 6.04 Å². The van der Waals surface area contributed by atoms with Gasteiger partial charge in [-0.1, -0.05) is 6.07 Å². The molecule has 2 N–H and O–H groups in total. The summed E-state index contributed by atoms with van der Waals surface area (Å²) in [6.07, 6.45) is 1.24. The molecule has 1 fully saturated rings. The van der Waals surface area contributed by atoms with E-state index in [1.807, 2.05) is 11.3 Å². The van der Waals surface area contributed by atoms with Gasteiger partial charge in [0.1, 0.15) is 0 Å². The van der Waals surface area contributed by atoms with Gasteiger partial charge in [-0.15, -0.1) is 11.3 Å². The number of hydrogen-bond donors (Lipinski definition) is 1. The molecular formula is C13H23N3S. The lowest BCUT2D eigenvalue weighted by Gasteiger charge is -2.34. The van der Waals surface area contributed by atoms with Crippen LogP contribution in [0.15, 0.2) is 17.5 Å². The van der Waals surface area contributed by atoms with Gasteiger partial charge in [-0.3, -0.25) is 4.90 Å². The highest BCUT2D eigenvalue weighted by atomic mass is 32.1. The highest BCUT2D eigenvalue weighted by Crippen LogP contribution is 2.27. The standard InChI is InChI=1S/C13H23N3S/c1-11-10-15(2)6-4-7-16(11)12(9-14)13-5-3-8-17-13/h3,5,8,11-12H,4,6-7,9-10,14H2,1-2H3. The number of nitrogens with two attached hydrogens (primary N) is 1. The first-order valence-corrected chi connectivity index (χ1v) is 7.28. The summed E-state index contributed by atoms with van der Waals surface area (Å²) < 4.78 is 0. The highest BCUT2D eigenvalue weighted by molar-refractivity contribution is 7.10. The molecule has 0 aromatic carbocycles. The zero-order chi connectivity index (χ0) is 12.3. The van der Waals surface area contributed by atoms with Crippen LogP contribution in [-0.2, 0) is 0 Å². The van der Waals surface area contributed by atoms with Gasteiger partial charge >= 0.3 is 0 Å². The number of hydrogen-bond acceptors (Lipinski definition) is 4. The van der Waals surface area contributed by atoms with Crippen molar-refractivity contribution in [3.8, 4) is 0 Å². The Kier molecular flexibility index (Phi) is 4.56. The Bertz CT molecular complexity index is 325. The summed E-state index contributed by atoms with van der Waals surface area (Å²) in [7, 11) is 2.21. The van der Waals surface area contributed by atoms with Crippen LogP contribution < -0.4 is 5.73 Å². The zero-order valence-corrected chi connectivity index (χ0v) is 11.6. The molecule has 0 radical (unpaired) electrons. The van der Waals surface area contributed by atoms with E-state index in [2.05, 4.69) is 41.3 Å². The minimum absolute atomic E-state index is 0.400. The Balaban J connectivity index is 2.13. The SMILES string of the molecule is CC1CN(C)CCCN1C(CN)c1cccs1. The van der Waals surface area contributed by atoms with Gasteiger partial charge < -0.3 is 10.6 Å². The Morgan fingerprint density at radius 1 is 1.53 bits per heavy atom. The lowest BCUT2D eigenvalue weighted by molar-refractivity contribution is 0.148. The fourth-order valence-electron chi connectivity index (χ4n) is 2.75. The van der Waals surface area contributed by atoms with Crippen molar-refractivity contribution in [2.75, 3.05) is 33.2 Å². The highest BCUT2D eigenvalue weighted by Gasteiger charge is 2.27. The van der Waals surface area contributed by atoms with Crippen LogP contribution in [0.5, 0.6) is 0 Å². The fourth-order valence-corrected chi connectivity index (χ4v) is 3.61. The minimum atomic E-state index is 0.400. The number of rotatable bonds is 3. The van der Waals surface area contributed by atoms with E-state index < -0.39 is 0 Å². The van der Waals surface area contributed by atoms with E-state index in [0.29, 0.717) is 18.6 Å². The van der Waals surface area contributed by atoms with Crippen LogP contribution in [0.2, 0.25) is 0 Å². The first-order valence-electron chi connectivity index (χ1n) is 6.40. The normalized spacial score (nSPS) is 25.7. The summed E-state index contributed by atoms with van der Waals surface area (Å²) in [5.74, 6) is 0. The molecule has 0 bridgehead atoms. The summed E-state index contributed by atoms with van der Waals surface area (Å²) in [5.41, 5.74) is 5.99. The molecule has 0 amide bonds. The average molecular weight is 253 g/mol. The second-order valence-corrected chi connectivity index (χ2v) is 5.95. The predicted molar refractivity (Wildman–Crippen MR) is 74.4 cm³/mol. The van der Waals surface area contributed by atoms with E-state index in [1.54, 1.807) is 0 Å². The smallest absolute Gasteiger partial charge is 0.0567 e. The average Bonchev–Trinajstić information content (AvgIpc) is 2.75. The third-order valence-electron chi connectivity index (χ3n) is 3.59. The molecule has 2 atom stereocenters. The fraction of sp³-hybridized carbons (Fsp3) is 0.692. The van der Waals surface area contributed by atoms with Crippen molar-refractivity contribution in [1.29, 1.82) is 0 Å². The predicted octanol–water partition coefficient (Wildman–Crippen LogP) is 1.77. The maximum atomic E-state index is 5.99. The van der Waals surface area contributed by atoms with Crippen LogP contribution in [0, 0.1) is 0 Å². The molecule has 0 saturated carbocycles. The number of likely N-dealkylation sites (N-methyl/N-ethyl adjacent to an activating group) is 1. The molecule has 4 heteroatoms. The van der Waals surface area contributed by atoms with E-state index in [0.717, 1.165) is 13.1 Å². The zero-order valence-electron chi connectivity index (χ0n) is 10.8. The molecule has 17 heavy (non-hydrogen) atoms. The van der Waals surface area contributed by atoms with Gasteiger partial charge in [-0.05, 0) is 38.4 Å². The molecular weight excluding hydrogens is 230 g/mol. The second kappa shape index (κ2) is 5.96. The van der Waals surface area contributed by atoms with Crippen LogP contribution in [0.3, 0.4) is 0 Å². The first kappa shape index (κ1) is 13.0. The Morgan fingerprint density at radius 3 is 3.00 bits per heavy atom. The van der Waals surface area contributed by atoms with Crippen LogP contribution in [0.25, 0.3) is 0 Å². The van der Waals surface area contributed by atoms with Gasteiger partial charge in [0, 0.05) is 30.6 Å². The minimum Gasteiger partial charge on any atom is -0.329 e. The maximum absolute atomic E-state index is 5.99. The molecule has 2 heterocycles. The lowest BCUT2D eigenvalue weighted by atomic mass is 10.1. The van der Waals surface area contributed by atoms with Crippen LogP contribution in [0.4, 0.5) is 0 Å². The Morgan fingerprint density at radius 2 is 2.35 bits per heavy atom. The summed E-state index contributed by atoms with van der Waals surface area (Å²) in [5, 5.41) is 2.15. The van der Waals surface area contributed by atoms with Crippen LogP contribution in [0.1, 0.15) is 24.3 Å². The van der Waals surface area contributed by atoms with Crippen molar-refractivity contribution in [2.24, 2.45) is 5.73 Å². The van der Waals surface area contributed by atoms with Crippen molar-refractivity contribution < 1.29 is 0 Å². The molecule has 0 aliphatic carbocycles. The lowest BCUT2D eigenvalue weighted by Crippen LogP contribution is -2.42. The summed E-state index contributed by atoms with van der Waals surface area (Å²) >= 11 is 1.82. The van der Waals surface area contributed by atoms with Gasteiger partial charge in [0.15, 0.2) is 0 Å². The third-order valence-corrected chi connectivity index (χ3v) is 4.57. The van der Waals surface area contributed by atoms with E-state index in [4.69, 9.17) is 5.73 Å². The summed E-state index contributed by atoms with van der Waals surface area (Å²) in [6, 6.07) is 5.32.